The maximum Gasteiger partial charge on any atom is 0.252 e. The van der Waals surface area contributed by atoms with Crippen LogP contribution in [0.3, 0.4) is 0 Å². The van der Waals surface area contributed by atoms with Crippen molar-refractivity contribution in [2.45, 2.75) is 39.2 Å². The Balaban J connectivity index is 1.64. The van der Waals surface area contributed by atoms with Gasteiger partial charge in [-0.2, -0.15) is 4.98 Å². The zero-order chi connectivity index (χ0) is 14.8. The normalized spacial score (nSPS) is 18.3. The third-order valence-electron chi connectivity index (χ3n) is 3.53. The molecule has 1 atom stereocenters. The van der Waals surface area contributed by atoms with E-state index in [0.29, 0.717) is 18.1 Å². The van der Waals surface area contributed by atoms with Crippen molar-refractivity contribution >= 4 is 11.7 Å². The van der Waals surface area contributed by atoms with Crippen LogP contribution in [0.25, 0.3) is 5.78 Å². The van der Waals surface area contributed by atoms with Gasteiger partial charge in [-0.1, -0.05) is 0 Å². The van der Waals surface area contributed by atoms with Crippen LogP contribution in [0.1, 0.15) is 30.1 Å². The monoisotopic (exact) mass is 289 g/mol. The van der Waals surface area contributed by atoms with Crippen LogP contribution in [-0.4, -0.2) is 44.7 Å². The van der Waals surface area contributed by atoms with Crippen LogP contribution in [0.2, 0.25) is 0 Å². The molecule has 112 valence electrons. The molecule has 1 fully saturated rings. The first-order valence-corrected chi connectivity index (χ1v) is 7.20. The van der Waals surface area contributed by atoms with Crippen molar-refractivity contribution in [3.63, 3.8) is 0 Å². The summed E-state index contributed by atoms with van der Waals surface area (Å²) in [6.07, 6.45) is 2.39. The number of rotatable bonds is 4. The lowest BCUT2D eigenvalue weighted by Crippen LogP contribution is -2.33. The van der Waals surface area contributed by atoms with E-state index < -0.39 is 0 Å². The summed E-state index contributed by atoms with van der Waals surface area (Å²) in [7, 11) is 0. The number of nitrogens with zero attached hydrogens (tertiary/aromatic N) is 4. The molecule has 0 aromatic carbocycles. The van der Waals surface area contributed by atoms with E-state index in [4.69, 9.17) is 4.74 Å². The molecule has 1 saturated heterocycles. The van der Waals surface area contributed by atoms with Crippen LogP contribution < -0.4 is 5.32 Å². The first-order valence-electron chi connectivity index (χ1n) is 7.20. The third kappa shape index (κ3) is 3.18. The van der Waals surface area contributed by atoms with Gasteiger partial charge in [-0.15, -0.1) is 5.10 Å². The molecular weight excluding hydrogens is 270 g/mol. The molecule has 1 aliphatic heterocycles. The summed E-state index contributed by atoms with van der Waals surface area (Å²) >= 11 is 0. The molecule has 7 heteroatoms. The van der Waals surface area contributed by atoms with Crippen LogP contribution in [0.4, 0.5) is 0 Å². The van der Waals surface area contributed by atoms with Gasteiger partial charge < -0.3 is 10.1 Å². The number of nitrogens with one attached hydrogen (secondary N) is 1. The van der Waals surface area contributed by atoms with Gasteiger partial charge >= 0.3 is 0 Å². The predicted molar refractivity (Wildman–Crippen MR) is 75.9 cm³/mol. The Labute approximate surface area is 122 Å². The van der Waals surface area contributed by atoms with Crippen molar-refractivity contribution in [3.05, 3.63) is 23.3 Å². The maximum atomic E-state index is 11.9. The minimum atomic E-state index is -0.0872. The lowest BCUT2D eigenvalue weighted by molar-refractivity contribution is -0.121. The molecular formula is C14H19N5O2. The summed E-state index contributed by atoms with van der Waals surface area (Å²) in [5, 5.41) is 7.19. The van der Waals surface area contributed by atoms with E-state index in [1.54, 1.807) is 4.52 Å². The van der Waals surface area contributed by atoms with Crippen LogP contribution in [0, 0.1) is 13.8 Å². The number of carbonyl (C=O) groups is 1. The summed E-state index contributed by atoms with van der Waals surface area (Å²) in [5.41, 5.74) is 1.85. The van der Waals surface area contributed by atoms with Crippen molar-refractivity contribution in [3.8, 4) is 0 Å². The van der Waals surface area contributed by atoms with E-state index in [1.807, 2.05) is 19.9 Å². The summed E-state index contributed by atoms with van der Waals surface area (Å²) < 4.78 is 7.13. The van der Waals surface area contributed by atoms with E-state index in [1.165, 1.54) is 0 Å². The Morgan fingerprint density at radius 2 is 2.33 bits per heavy atom. The quantitative estimate of drug-likeness (QED) is 0.890. The Hall–Kier alpha value is -2.02. The third-order valence-corrected chi connectivity index (χ3v) is 3.53. The lowest BCUT2D eigenvalue weighted by atomic mass is 10.2. The highest BCUT2D eigenvalue weighted by molar-refractivity contribution is 5.77. The lowest BCUT2D eigenvalue weighted by Gasteiger charge is -2.09. The van der Waals surface area contributed by atoms with Crippen molar-refractivity contribution in [2.24, 2.45) is 0 Å². The van der Waals surface area contributed by atoms with E-state index in [-0.39, 0.29) is 18.4 Å². The molecule has 0 bridgehead atoms. The summed E-state index contributed by atoms with van der Waals surface area (Å²) in [6, 6.07) is 1.93. The zero-order valence-electron chi connectivity index (χ0n) is 12.3. The number of aryl methyl sites for hydroxylation is 2. The van der Waals surface area contributed by atoms with Gasteiger partial charge in [-0.05, 0) is 32.8 Å². The van der Waals surface area contributed by atoms with Crippen molar-refractivity contribution in [1.29, 1.82) is 0 Å². The molecule has 0 radical (unpaired) electrons. The number of ether oxygens (including phenoxy) is 1. The van der Waals surface area contributed by atoms with Crippen molar-refractivity contribution in [1.82, 2.24) is 24.9 Å². The molecule has 1 N–H and O–H groups in total. The van der Waals surface area contributed by atoms with E-state index in [0.717, 1.165) is 30.8 Å². The molecule has 2 aromatic heterocycles. The second kappa shape index (κ2) is 5.77. The van der Waals surface area contributed by atoms with Crippen LogP contribution in [0.15, 0.2) is 6.07 Å². The average Bonchev–Trinajstić information content (AvgIpc) is 3.05. The molecule has 3 heterocycles. The first kappa shape index (κ1) is 13.9. The van der Waals surface area contributed by atoms with Gasteiger partial charge in [0, 0.05) is 24.5 Å². The van der Waals surface area contributed by atoms with Gasteiger partial charge in [0.05, 0.1) is 12.5 Å². The molecule has 7 nitrogen and oxygen atoms in total. The average molecular weight is 289 g/mol. The van der Waals surface area contributed by atoms with Gasteiger partial charge in [-0.3, -0.25) is 4.79 Å². The van der Waals surface area contributed by atoms with Gasteiger partial charge in [0.25, 0.3) is 5.78 Å². The smallest absolute Gasteiger partial charge is 0.252 e. The Kier molecular flexibility index (Phi) is 3.83. The Morgan fingerprint density at radius 1 is 1.48 bits per heavy atom. The number of fused-ring (bicyclic) bond motifs is 1. The number of hydrogen-bond donors (Lipinski definition) is 1. The minimum absolute atomic E-state index is 0.0872. The standard InChI is InChI=1S/C14H19N5O2/c1-9-6-10(2)19-14(16-9)17-12(18-19)7-13(20)15-8-11-4-3-5-21-11/h6,11H,3-5,7-8H2,1-2H3,(H,15,20)/t11-/m1/s1. The first-order chi connectivity index (χ1) is 10.1. The fraction of sp³-hybridized carbons (Fsp3) is 0.571. The van der Waals surface area contributed by atoms with E-state index >= 15 is 0 Å². The highest BCUT2D eigenvalue weighted by Gasteiger charge is 2.17. The molecule has 2 aromatic rings. The second-order valence-electron chi connectivity index (χ2n) is 5.39. The number of hydrogen-bond acceptors (Lipinski definition) is 5. The number of aromatic nitrogens is 4. The fourth-order valence-corrected chi connectivity index (χ4v) is 2.52. The molecule has 3 rings (SSSR count). The predicted octanol–water partition coefficient (Wildman–Crippen LogP) is 0.579. The minimum Gasteiger partial charge on any atom is -0.376 e. The van der Waals surface area contributed by atoms with Gasteiger partial charge in [0.1, 0.15) is 0 Å². The van der Waals surface area contributed by atoms with Crippen LogP contribution >= 0.6 is 0 Å². The number of amides is 1. The molecule has 0 spiro atoms. The second-order valence-corrected chi connectivity index (χ2v) is 5.39. The Morgan fingerprint density at radius 3 is 3.10 bits per heavy atom. The van der Waals surface area contributed by atoms with Crippen LogP contribution in [-0.2, 0) is 16.0 Å². The van der Waals surface area contributed by atoms with Gasteiger partial charge in [0.2, 0.25) is 5.91 Å². The molecule has 0 aliphatic carbocycles. The molecule has 1 aliphatic rings. The summed E-state index contributed by atoms with van der Waals surface area (Å²) in [6.45, 7) is 5.20. The molecule has 0 unspecified atom stereocenters. The number of carbonyl (C=O) groups excluding carboxylic acids is 1. The summed E-state index contributed by atoms with van der Waals surface area (Å²) in [5.74, 6) is 0.936. The fourth-order valence-electron chi connectivity index (χ4n) is 2.52. The maximum absolute atomic E-state index is 11.9. The van der Waals surface area contributed by atoms with E-state index in [2.05, 4.69) is 20.4 Å². The molecule has 21 heavy (non-hydrogen) atoms. The highest BCUT2D eigenvalue weighted by Crippen LogP contribution is 2.10. The van der Waals surface area contributed by atoms with Crippen molar-refractivity contribution < 1.29 is 9.53 Å². The molecule has 1 amide bonds. The SMILES string of the molecule is Cc1cc(C)n2nc(CC(=O)NC[C@H]3CCCO3)nc2n1. The molecule has 0 saturated carbocycles. The Bertz CT molecular complexity index is 661. The van der Waals surface area contributed by atoms with Gasteiger partial charge in [0.15, 0.2) is 5.82 Å². The topological polar surface area (TPSA) is 81.4 Å². The van der Waals surface area contributed by atoms with Crippen LogP contribution in [0.5, 0.6) is 0 Å². The van der Waals surface area contributed by atoms with Crippen molar-refractivity contribution in [2.75, 3.05) is 13.2 Å². The largest absolute Gasteiger partial charge is 0.376 e. The van der Waals surface area contributed by atoms with Gasteiger partial charge in [-0.25, -0.2) is 9.50 Å². The summed E-state index contributed by atoms with van der Waals surface area (Å²) in [4.78, 5) is 20.5. The zero-order valence-corrected chi connectivity index (χ0v) is 12.3. The highest BCUT2D eigenvalue weighted by atomic mass is 16.5. The van der Waals surface area contributed by atoms with E-state index in [9.17, 15) is 4.79 Å².